The van der Waals surface area contributed by atoms with E-state index in [9.17, 15) is 27.1 Å². The number of alkyl halides is 3. The topological polar surface area (TPSA) is 20.2 Å². The number of aliphatic hydroxyl groups is 1. The van der Waals surface area contributed by atoms with Crippen LogP contribution in [0.15, 0.2) is 0 Å². The third-order valence-electron chi connectivity index (χ3n) is 3.92. The Morgan fingerprint density at radius 3 is 1.95 bits per heavy atom. The standard InChI is InChI=1S/C13H12BrF5O/c1-4-5-8(15)6-7(10(17)9(5)16)12(18,20)13(14,19)11(6,2)3/h20H,4H2,1-3H3. The number of rotatable bonds is 1. The average molecular weight is 359 g/mol. The van der Waals surface area contributed by atoms with Crippen LogP contribution in [0.1, 0.15) is 37.5 Å². The van der Waals surface area contributed by atoms with Crippen molar-refractivity contribution in [2.75, 3.05) is 0 Å². The van der Waals surface area contributed by atoms with Gasteiger partial charge < -0.3 is 5.11 Å². The van der Waals surface area contributed by atoms with Crippen molar-refractivity contribution in [3.05, 3.63) is 34.1 Å². The van der Waals surface area contributed by atoms with Crippen LogP contribution in [-0.4, -0.2) is 9.68 Å². The van der Waals surface area contributed by atoms with E-state index in [-0.39, 0.29) is 6.42 Å². The molecule has 0 saturated heterocycles. The van der Waals surface area contributed by atoms with Gasteiger partial charge >= 0.3 is 0 Å². The van der Waals surface area contributed by atoms with Crippen LogP contribution >= 0.6 is 15.9 Å². The van der Waals surface area contributed by atoms with Gasteiger partial charge in [0.1, 0.15) is 5.82 Å². The summed E-state index contributed by atoms with van der Waals surface area (Å²) in [7, 11) is 0. The predicted molar refractivity (Wildman–Crippen MR) is 66.5 cm³/mol. The number of benzene rings is 1. The van der Waals surface area contributed by atoms with E-state index in [2.05, 4.69) is 15.9 Å². The Morgan fingerprint density at radius 1 is 1.00 bits per heavy atom. The van der Waals surface area contributed by atoms with Crippen molar-refractivity contribution in [1.29, 1.82) is 0 Å². The maximum absolute atomic E-state index is 14.5. The van der Waals surface area contributed by atoms with E-state index in [0.717, 1.165) is 13.8 Å². The Balaban J connectivity index is 3.01. The zero-order chi connectivity index (χ0) is 15.7. The first kappa shape index (κ1) is 15.7. The highest BCUT2D eigenvalue weighted by atomic mass is 79.9. The average Bonchev–Trinajstić information content (AvgIpc) is 2.42. The Hall–Kier alpha value is -0.690. The Labute approximate surface area is 120 Å². The van der Waals surface area contributed by atoms with Gasteiger partial charge in [-0.15, -0.1) is 0 Å². The summed E-state index contributed by atoms with van der Waals surface area (Å²) in [4.78, 5) is 0. The first-order valence-corrected chi connectivity index (χ1v) is 6.71. The summed E-state index contributed by atoms with van der Waals surface area (Å²) >= 11 is 2.36. The van der Waals surface area contributed by atoms with Crippen LogP contribution in [0.2, 0.25) is 0 Å². The minimum absolute atomic E-state index is 0.190. The van der Waals surface area contributed by atoms with Crippen molar-refractivity contribution >= 4 is 15.9 Å². The molecule has 0 spiro atoms. The molecule has 0 bridgehead atoms. The molecule has 112 valence electrons. The molecular formula is C13H12BrF5O. The molecule has 1 nitrogen and oxygen atoms in total. The van der Waals surface area contributed by atoms with Crippen LogP contribution in [0.4, 0.5) is 22.0 Å². The molecule has 0 amide bonds. The van der Waals surface area contributed by atoms with Crippen LogP contribution in [0.3, 0.4) is 0 Å². The molecule has 2 rings (SSSR count). The van der Waals surface area contributed by atoms with Gasteiger partial charge in [-0.05, 0) is 22.4 Å². The Kier molecular flexibility index (Phi) is 3.27. The van der Waals surface area contributed by atoms with Gasteiger partial charge in [-0.3, -0.25) is 0 Å². The number of hydrogen-bond acceptors (Lipinski definition) is 1. The van der Waals surface area contributed by atoms with Gasteiger partial charge in [0.15, 0.2) is 11.6 Å². The summed E-state index contributed by atoms with van der Waals surface area (Å²) in [6.07, 6.45) is -0.190. The smallest absolute Gasteiger partial charge is 0.281 e. The fourth-order valence-corrected chi connectivity index (χ4v) is 3.04. The van der Waals surface area contributed by atoms with E-state index in [0.29, 0.717) is 0 Å². The van der Waals surface area contributed by atoms with Gasteiger partial charge in [0, 0.05) is 16.5 Å². The van der Waals surface area contributed by atoms with Gasteiger partial charge in [-0.1, -0.05) is 20.8 Å². The van der Waals surface area contributed by atoms with Crippen molar-refractivity contribution < 1.29 is 27.1 Å². The molecule has 0 heterocycles. The molecule has 0 fully saturated rings. The van der Waals surface area contributed by atoms with Gasteiger partial charge in [-0.25, -0.2) is 22.0 Å². The minimum Gasteiger partial charge on any atom is -0.355 e. The highest BCUT2D eigenvalue weighted by molar-refractivity contribution is 9.10. The van der Waals surface area contributed by atoms with E-state index >= 15 is 0 Å². The lowest BCUT2D eigenvalue weighted by atomic mass is 9.83. The van der Waals surface area contributed by atoms with Crippen LogP contribution in [0.5, 0.6) is 0 Å². The zero-order valence-corrected chi connectivity index (χ0v) is 12.5. The second-order valence-electron chi connectivity index (χ2n) is 5.35. The van der Waals surface area contributed by atoms with E-state index < -0.39 is 50.0 Å². The van der Waals surface area contributed by atoms with Gasteiger partial charge in [-0.2, -0.15) is 0 Å². The molecule has 1 aliphatic rings. The molecular weight excluding hydrogens is 347 g/mol. The van der Waals surface area contributed by atoms with Crippen molar-refractivity contribution in [3.8, 4) is 0 Å². The van der Waals surface area contributed by atoms with E-state index in [1.54, 1.807) is 0 Å². The Bertz CT molecular complexity index is 595. The third kappa shape index (κ3) is 1.51. The lowest BCUT2D eigenvalue weighted by Gasteiger charge is -2.33. The molecule has 0 saturated carbocycles. The first-order chi connectivity index (χ1) is 8.92. The molecule has 0 radical (unpaired) electrons. The lowest BCUT2D eigenvalue weighted by Crippen LogP contribution is -2.46. The number of hydrogen-bond donors (Lipinski definition) is 1. The van der Waals surface area contributed by atoms with Gasteiger partial charge in [0.05, 0.1) is 5.56 Å². The zero-order valence-electron chi connectivity index (χ0n) is 10.9. The van der Waals surface area contributed by atoms with Gasteiger partial charge in [0.25, 0.3) is 5.85 Å². The van der Waals surface area contributed by atoms with Crippen molar-refractivity contribution in [2.45, 2.75) is 43.0 Å². The molecule has 1 aromatic carbocycles. The molecule has 2 unspecified atom stereocenters. The number of halogens is 6. The van der Waals surface area contributed by atoms with Crippen molar-refractivity contribution in [2.24, 2.45) is 0 Å². The van der Waals surface area contributed by atoms with E-state index in [1.807, 2.05) is 0 Å². The fourth-order valence-electron chi connectivity index (χ4n) is 2.65. The molecule has 1 N–H and O–H groups in total. The second-order valence-corrected chi connectivity index (χ2v) is 6.44. The molecule has 20 heavy (non-hydrogen) atoms. The third-order valence-corrected chi connectivity index (χ3v) is 5.44. The summed E-state index contributed by atoms with van der Waals surface area (Å²) in [6.45, 7) is 3.57. The van der Waals surface area contributed by atoms with E-state index in [1.165, 1.54) is 6.92 Å². The summed E-state index contributed by atoms with van der Waals surface area (Å²) < 4.78 is 67.7. The highest BCUT2D eigenvalue weighted by Gasteiger charge is 2.71. The monoisotopic (exact) mass is 358 g/mol. The summed E-state index contributed by atoms with van der Waals surface area (Å²) in [5.74, 6) is -8.50. The van der Waals surface area contributed by atoms with Crippen LogP contribution in [-0.2, 0) is 17.7 Å². The van der Waals surface area contributed by atoms with Crippen LogP contribution in [0, 0.1) is 17.5 Å². The summed E-state index contributed by atoms with van der Waals surface area (Å²) in [6, 6.07) is 0. The van der Waals surface area contributed by atoms with Crippen LogP contribution < -0.4 is 0 Å². The highest BCUT2D eigenvalue weighted by Crippen LogP contribution is 2.63. The SMILES string of the molecule is CCc1c(F)c(F)c2c(c1F)C(C)(C)C(F)(Br)C2(O)F. The van der Waals surface area contributed by atoms with E-state index in [4.69, 9.17) is 0 Å². The fraction of sp³-hybridized carbons (Fsp3) is 0.538. The molecule has 1 aliphatic carbocycles. The molecule has 0 aromatic heterocycles. The Morgan fingerprint density at radius 2 is 1.50 bits per heavy atom. The quantitative estimate of drug-likeness (QED) is 0.454. The second kappa shape index (κ2) is 4.16. The number of fused-ring (bicyclic) bond motifs is 1. The summed E-state index contributed by atoms with van der Waals surface area (Å²) in [5, 5.41) is 9.64. The minimum atomic E-state index is -3.89. The predicted octanol–water partition coefficient (Wildman–Crippen LogP) is 4.13. The largest absolute Gasteiger partial charge is 0.355 e. The molecule has 2 atom stereocenters. The summed E-state index contributed by atoms with van der Waals surface area (Å²) in [5.41, 5.74) is -4.56. The maximum Gasteiger partial charge on any atom is 0.281 e. The van der Waals surface area contributed by atoms with Gasteiger partial charge in [0.2, 0.25) is 4.58 Å². The lowest BCUT2D eigenvalue weighted by molar-refractivity contribution is -0.170. The molecule has 0 aliphatic heterocycles. The van der Waals surface area contributed by atoms with Crippen molar-refractivity contribution in [3.63, 3.8) is 0 Å². The normalized spacial score (nSPS) is 31.5. The van der Waals surface area contributed by atoms with Crippen LogP contribution in [0.25, 0.3) is 0 Å². The van der Waals surface area contributed by atoms with Crippen molar-refractivity contribution in [1.82, 2.24) is 0 Å². The molecule has 7 heteroatoms. The molecule has 1 aromatic rings. The first-order valence-electron chi connectivity index (χ1n) is 5.92. The maximum atomic E-state index is 14.5.